The molecule has 1 saturated heterocycles. The van der Waals surface area contributed by atoms with Gasteiger partial charge in [0.2, 0.25) is 0 Å². The van der Waals surface area contributed by atoms with E-state index in [2.05, 4.69) is 47.5 Å². The Morgan fingerprint density at radius 3 is 2.42 bits per heavy atom. The van der Waals surface area contributed by atoms with E-state index in [0.717, 1.165) is 59.4 Å². The first-order valence-corrected chi connectivity index (χ1v) is 13.2. The van der Waals surface area contributed by atoms with Gasteiger partial charge >= 0.3 is 0 Å². The van der Waals surface area contributed by atoms with Gasteiger partial charge < -0.3 is 20.4 Å². The van der Waals surface area contributed by atoms with Gasteiger partial charge in [-0.3, -0.25) is 4.79 Å². The van der Waals surface area contributed by atoms with Crippen LogP contribution in [0.25, 0.3) is 10.2 Å². The molecular formula is C27H35N7OS. The Kier molecular flexibility index (Phi) is 8.32. The zero-order valence-corrected chi connectivity index (χ0v) is 22.5. The number of fused-ring (bicyclic) bond motifs is 1. The molecule has 2 N–H and O–H groups in total. The molecule has 0 radical (unpaired) electrons. The molecule has 0 aliphatic carbocycles. The van der Waals surface area contributed by atoms with Crippen LogP contribution in [0.15, 0.2) is 58.0 Å². The maximum absolute atomic E-state index is 12.8. The molecule has 1 amide bonds. The van der Waals surface area contributed by atoms with Gasteiger partial charge in [-0.2, -0.15) is 0 Å². The van der Waals surface area contributed by atoms with Crippen LogP contribution in [0, 0.1) is 5.92 Å². The zero-order chi connectivity index (χ0) is 25.7. The van der Waals surface area contributed by atoms with Crippen LogP contribution in [0.5, 0.6) is 0 Å². The molecule has 1 atom stereocenters. The first-order chi connectivity index (χ1) is 17.3. The SMILES string of the molecule is CC(=N/C(=N\C(C)Nc1ccc(C(=O)N2CCN(C)CC2)cc1)C(C)C)Nc1ccc2ncsc2c1. The summed E-state index contributed by atoms with van der Waals surface area (Å²) in [4.78, 5) is 30.9. The smallest absolute Gasteiger partial charge is 0.253 e. The summed E-state index contributed by atoms with van der Waals surface area (Å²) < 4.78 is 1.14. The zero-order valence-electron chi connectivity index (χ0n) is 21.7. The predicted octanol–water partition coefficient (Wildman–Crippen LogP) is 5.03. The van der Waals surface area contributed by atoms with Gasteiger partial charge in [0, 0.05) is 49.0 Å². The average Bonchev–Trinajstić information content (AvgIpc) is 3.32. The predicted molar refractivity (Wildman–Crippen MR) is 152 cm³/mol. The number of carbonyl (C=O) groups excluding carboxylic acids is 1. The molecule has 9 heteroatoms. The average molecular weight is 506 g/mol. The Morgan fingerprint density at radius 1 is 1.03 bits per heavy atom. The minimum absolute atomic E-state index is 0.0922. The topological polar surface area (TPSA) is 85.2 Å². The number of amides is 1. The van der Waals surface area contributed by atoms with Gasteiger partial charge in [-0.25, -0.2) is 15.0 Å². The van der Waals surface area contributed by atoms with Crippen LogP contribution in [0.3, 0.4) is 0 Å². The minimum atomic E-state index is -0.174. The second kappa shape index (κ2) is 11.6. The van der Waals surface area contributed by atoms with E-state index >= 15 is 0 Å². The molecule has 190 valence electrons. The maximum atomic E-state index is 12.8. The minimum Gasteiger partial charge on any atom is -0.364 e. The van der Waals surface area contributed by atoms with Crippen LogP contribution >= 0.6 is 11.3 Å². The molecule has 36 heavy (non-hydrogen) atoms. The molecule has 0 saturated carbocycles. The number of aromatic nitrogens is 1. The van der Waals surface area contributed by atoms with Crippen molar-refractivity contribution in [3.8, 4) is 0 Å². The molecule has 2 heterocycles. The molecule has 1 aromatic heterocycles. The number of likely N-dealkylation sites (N-methyl/N-ethyl adjacent to an activating group) is 1. The molecule has 0 bridgehead atoms. The van der Waals surface area contributed by atoms with Crippen LogP contribution in [0.4, 0.5) is 11.4 Å². The number of rotatable bonds is 6. The van der Waals surface area contributed by atoms with Gasteiger partial charge in [-0.1, -0.05) is 13.8 Å². The van der Waals surface area contributed by atoms with Crippen molar-refractivity contribution in [2.24, 2.45) is 15.9 Å². The number of anilines is 2. The van der Waals surface area contributed by atoms with Gasteiger partial charge in [0.25, 0.3) is 5.91 Å². The molecular weight excluding hydrogens is 470 g/mol. The summed E-state index contributed by atoms with van der Waals surface area (Å²) in [6.45, 7) is 11.5. The third kappa shape index (κ3) is 6.67. The van der Waals surface area contributed by atoms with E-state index in [1.807, 2.05) is 60.7 Å². The lowest BCUT2D eigenvalue weighted by molar-refractivity contribution is 0.0664. The largest absolute Gasteiger partial charge is 0.364 e. The van der Waals surface area contributed by atoms with Crippen LogP contribution in [-0.2, 0) is 0 Å². The Hall–Kier alpha value is -3.30. The van der Waals surface area contributed by atoms with Crippen molar-refractivity contribution in [3.05, 3.63) is 53.5 Å². The van der Waals surface area contributed by atoms with Crippen LogP contribution in [0.2, 0.25) is 0 Å². The van der Waals surface area contributed by atoms with Crippen molar-refractivity contribution in [1.82, 2.24) is 14.8 Å². The fourth-order valence-corrected chi connectivity index (χ4v) is 4.74. The summed E-state index contributed by atoms with van der Waals surface area (Å²) in [7, 11) is 2.09. The van der Waals surface area contributed by atoms with Crippen LogP contribution < -0.4 is 10.6 Å². The Bertz CT molecular complexity index is 1240. The van der Waals surface area contributed by atoms with E-state index in [1.165, 1.54) is 0 Å². The van der Waals surface area contributed by atoms with Crippen molar-refractivity contribution in [1.29, 1.82) is 0 Å². The van der Waals surface area contributed by atoms with E-state index in [9.17, 15) is 4.79 Å². The lowest BCUT2D eigenvalue weighted by Crippen LogP contribution is -2.47. The van der Waals surface area contributed by atoms with E-state index in [1.54, 1.807) is 11.3 Å². The lowest BCUT2D eigenvalue weighted by atomic mass is 10.1. The molecule has 4 rings (SSSR count). The highest BCUT2D eigenvalue weighted by molar-refractivity contribution is 7.16. The number of nitrogens with one attached hydrogen (secondary N) is 2. The van der Waals surface area contributed by atoms with Gasteiger partial charge in [0.15, 0.2) is 0 Å². The number of hydrogen-bond acceptors (Lipinski definition) is 6. The van der Waals surface area contributed by atoms with E-state index < -0.39 is 0 Å². The number of nitrogens with zero attached hydrogens (tertiary/aromatic N) is 5. The summed E-state index contributed by atoms with van der Waals surface area (Å²) in [5.41, 5.74) is 5.47. The van der Waals surface area contributed by atoms with Gasteiger partial charge in [-0.05, 0) is 63.4 Å². The third-order valence-corrected chi connectivity index (χ3v) is 6.87. The van der Waals surface area contributed by atoms with Crippen LogP contribution in [-0.4, -0.2) is 71.8 Å². The van der Waals surface area contributed by atoms with Gasteiger partial charge in [0.1, 0.15) is 17.8 Å². The normalized spacial score (nSPS) is 16.4. The Morgan fingerprint density at radius 2 is 1.72 bits per heavy atom. The van der Waals surface area contributed by atoms with Crippen molar-refractivity contribution < 1.29 is 4.79 Å². The molecule has 1 unspecified atom stereocenters. The Labute approximate surface area is 217 Å². The Balaban J connectivity index is 1.38. The summed E-state index contributed by atoms with van der Waals surface area (Å²) in [6.07, 6.45) is -0.174. The number of benzene rings is 2. The van der Waals surface area contributed by atoms with Crippen molar-refractivity contribution in [2.45, 2.75) is 33.9 Å². The highest BCUT2D eigenvalue weighted by Gasteiger charge is 2.20. The molecule has 1 aliphatic heterocycles. The van der Waals surface area contributed by atoms with Crippen LogP contribution in [0.1, 0.15) is 38.1 Å². The number of amidine groups is 2. The monoisotopic (exact) mass is 505 g/mol. The maximum Gasteiger partial charge on any atom is 0.253 e. The number of hydrogen-bond donors (Lipinski definition) is 2. The highest BCUT2D eigenvalue weighted by atomic mass is 32.1. The second-order valence-electron chi connectivity index (χ2n) is 9.49. The first-order valence-electron chi connectivity index (χ1n) is 12.4. The van der Waals surface area contributed by atoms with Crippen molar-refractivity contribution in [2.75, 3.05) is 43.9 Å². The first kappa shape index (κ1) is 25.8. The molecule has 1 fully saturated rings. The molecule has 1 aliphatic rings. The van der Waals surface area contributed by atoms with E-state index in [-0.39, 0.29) is 18.0 Å². The molecule has 8 nitrogen and oxygen atoms in total. The van der Waals surface area contributed by atoms with E-state index in [4.69, 9.17) is 9.98 Å². The molecule has 2 aromatic carbocycles. The second-order valence-corrected chi connectivity index (χ2v) is 10.4. The quantitative estimate of drug-likeness (QED) is 0.363. The van der Waals surface area contributed by atoms with E-state index in [0.29, 0.717) is 5.56 Å². The number of carbonyl (C=O) groups is 1. The lowest BCUT2D eigenvalue weighted by Gasteiger charge is -2.32. The van der Waals surface area contributed by atoms with Gasteiger partial charge in [-0.15, -0.1) is 11.3 Å². The summed E-state index contributed by atoms with van der Waals surface area (Å²) in [5.74, 6) is 1.80. The van der Waals surface area contributed by atoms with Gasteiger partial charge in [0.05, 0.1) is 15.7 Å². The number of aliphatic imine (C=N–C) groups is 2. The standard InChI is InChI=1S/C27H35N7OS/c1-18(2)26(32-20(4)30-23-10-11-24-25(16-23)36-17-28-24)31-19(3)29-22-8-6-21(7-9-22)27(35)34-14-12-33(5)13-15-34/h6-11,16-19,29H,12-15H2,1-5H3,(H,30,31,32). The summed E-state index contributed by atoms with van der Waals surface area (Å²) >= 11 is 1.62. The fraction of sp³-hybridized carbons (Fsp3) is 0.407. The van der Waals surface area contributed by atoms with Crippen molar-refractivity contribution in [3.63, 3.8) is 0 Å². The molecule has 3 aromatic rings. The number of thiazole rings is 1. The number of piperazine rings is 1. The fourth-order valence-electron chi connectivity index (χ4n) is 4.02. The highest BCUT2D eigenvalue weighted by Crippen LogP contribution is 2.22. The summed E-state index contributed by atoms with van der Waals surface area (Å²) in [5, 5.41) is 6.77. The summed E-state index contributed by atoms with van der Waals surface area (Å²) in [6, 6.07) is 13.8. The van der Waals surface area contributed by atoms with Crippen molar-refractivity contribution >= 4 is 50.5 Å². The third-order valence-electron chi connectivity index (χ3n) is 6.08. The molecule has 0 spiro atoms.